The number of nitrogens with zero attached hydrogens (tertiary/aromatic N) is 1. The molecule has 10 heteroatoms. The van der Waals surface area contributed by atoms with Crippen LogP contribution in [-0.2, 0) is 22.7 Å². The number of aliphatic hydroxyl groups excluding tert-OH is 1. The Balaban J connectivity index is 2.17. The number of sulfone groups is 1. The molecule has 2 aromatic carbocycles. The first-order valence-corrected chi connectivity index (χ1v) is 9.44. The molecule has 1 unspecified atom stereocenters. The Morgan fingerprint density at radius 1 is 1.25 bits per heavy atom. The summed E-state index contributed by atoms with van der Waals surface area (Å²) in [7, 11) is -5.22. The number of benzene rings is 2. The molecule has 0 aromatic heterocycles. The van der Waals surface area contributed by atoms with Crippen LogP contribution in [0.2, 0.25) is 0 Å². The number of hydrogen-bond acceptors (Lipinski definition) is 4. The first-order valence-electron chi connectivity index (χ1n) is 7.89. The van der Waals surface area contributed by atoms with Crippen LogP contribution in [0.3, 0.4) is 0 Å². The molecule has 0 bridgehead atoms. The molecule has 1 atom stereocenters. The Hall–Kier alpha value is -2.51. The van der Waals surface area contributed by atoms with Gasteiger partial charge in [0, 0.05) is 12.0 Å². The lowest BCUT2D eigenvalue weighted by atomic mass is 9.96. The highest BCUT2D eigenvalue weighted by atomic mass is 32.2. The fourth-order valence-electron chi connectivity index (χ4n) is 3.29. The maximum atomic E-state index is 14.1. The highest BCUT2D eigenvalue weighted by Crippen LogP contribution is 2.48. The molecule has 1 N–H and O–H groups in total. The standard InChI is InChI=1S/C18H12F5NO3S/c19-12-5-9(3-10(6-12)8-24)4-11-1-2-14(28(26,27)17(20)21)15-13(11)7-18(22,23)16(15)25/h1-3,5-6,16-17,25H,4,7H2. The average molecular weight is 417 g/mol. The first kappa shape index (κ1) is 20.2. The fraction of sp³-hybridized carbons (Fsp3) is 0.278. The largest absolute Gasteiger partial charge is 0.382 e. The van der Waals surface area contributed by atoms with Crippen molar-refractivity contribution in [2.24, 2.45) is 0 Å². The molecule has 3 rings (SSSR count). The van der Waals surface area contributed by atoms with Gasteiger partial charge in [-0.2, -0.15) is 14.0 Å². The molecular weight excluding hydrogens is 405 g/mol. The minimum Gasteiger partial charge on any atom is -0.382 e. The summed E-state index contributed by atoms with van der Waals surface area (Å²) in [6.45, 7) is 0. The molecule has 0 radical (unpaired) electrons. The zero-order chi connectivity index (χ0) is 20.9. The topological polar surface area (TPSA) is 78.2 Å². The summed E-state index contributed by atoms with van der Waals surface area (Å²) in [5, 5.41) is 18.8. The zero-order valence-corrected chi connectivity index (χ0v) is 14.8. The van der Waals surface area contributed by atoms with E-state index in [1.165, 1.54) is 6.07 Å². The maximum Gasteiger partial charge on any atom is 0.341 e. The molecule has 0 saturated heterocycles. The van der Waals surface area contributed by atoms with Crippen molar-refractivity contribution >= 4 is 9.84 Å². The van der Waals surface area contributed by atoms with Gasteiger partial charge in [-0.25, -0.2) is 21.6 Å². The van der Waals surface area contributed by atoms with Gasteiger partial charge in [-0.05, 0) is 47.4 Å². The van der Waals surface area contributed by atoms with Crippen LogP contribution in [0.4, 0.5) is 22.0 Å². The monoisotopic (exact) mass is 417 g/mol. The molecule has 148 valence electrons. The third-order valence-electron chi connectivity index (χ3n) is 4.52. The highest BCUT2D eigenvalue weighted by Gasteiger charge is 2.50. The minimum absolute atomic E-state index is 0.00564. The van der Waals surface area contributed by atoms with Crippen molar-refractivity contribution in [1.29, 1.82) is 5.26 Å². The van der Waals surface area contributed by atoms with Crippen molar-refractivity contribution in [3.8, 4) is 6.07 Å². The quantitative estimate of drug-likeness (QED) is 0.773. The Labute approximate surface area is 156 Å². The van der Waals surface area contributed by atoms with Crippen LogP contribution >= 0.6 is 0 Å². The van der Waals surface area contributed by atoms with Crippen LogP contribution in [-0.4, -0.2) is 25.2 Å². The second-order valence-corrected chi connectivity index (χ2v) is 8.28. The normalized spacial score (nSPS) is 18.1. The molecule has 0 aliphatic heterocycles. The number of alkyl halides is 4. The Morgan fingerprint density at radius 3 is 2.54 bits per heavy atom. The van der Waals surface area contributed by atoms with Crippen LogP contribution in [0.1, 0.15) is 33.9 Å². The van der Waals surface area contributed by atoms with Gasteiger partial charge in [0.1, 0.15) is 11.9 Å². The van der Waals surface area contributed by atoms with Gasteiger partial charge in [0.25, 0.3) is 5.92 Å². The first-order chi connectivity index (χ1) is 13.0. The molecule has 1 aliphatic rings. The number of rotatable bonds is 4. The Bertz CT molecular complexity index is 1090. The van der Waals surface area contributed by atoms with E-state index >= 15 is 0 Å². The fourth-order valence-corrected chi connectivity index (χ4v) is 4.28. The lowest BCUT2D eigenvalue weighted by Gasteiger charge is -2.16. The number of halogens is 5. The van der Waals surface area contributed by atoms with Crippen molar-refractivity contribution in [3.05, 3.63) is 64.0 Å². The van der Waals surface area contributed by atoms with Crippen molar-refractivity contribution in [1.82, 2.24) is 0 Å². The van der Waals surface area contributed by atoms with Gasteiger partial charge < -0.3 is 5.11 Å². The lowest BCUT2D eigenvalue weighted by molar-refractivity contribution is -0.0976. The van der Waals surface area contributed by atoms with Crippen molar-refractivity contribution < 1.29 is 35.5 Å². The molecule has 0 heterocycles. The van der Waals surface area contributed by atoms with Gasteiger partial charge in [-0.3, -0.25) is 0 Å². The summed E-state index contributed by atoms with van der Waals surface area (Å²) in [6.07, 6.45) is -3.77. The molecule has 2 aromatic rings. The summed E-state index contributed by atoms with van der Waals surface area (Å²) in [5.41, 5.74) is -0.683. The van der Waals surface area contributed by atoms with E-state index in [1.807, 2.05) is 0 Å². The third-order valence-corrected chi connectivity index (χ3v) is 5.96. The Kier molecular flexibility index (Phi) is 4.93. The molecule has 0 amide bonds. The Morgan fingerprint density at radius 2 is 1.93 bits per heavy atom. The number of fused-ring (bicyclic) bond motifs is 1. The van der Waals surface area contributed by atoms with Crippen LogP contribution in [0, 0.1) is 17.1 Å². The van der Waals surface area contributed by atoms with Gasteiger partial charge >= 0.3 is 5.76 Å². The van der Waals surface area contributed by atoms with E-state index < -0.39 is 50.3 Å². The van der Waals surface area contributed by atoms with E-state index in [1.54, 1.807) is 6.07 Å². The van der Waals surface area contributed by atoms with E-state index in [4.69, 9.17) is 5.26 Å². The summed E-state index contributed by atoms with van der Waals surface area (Å²) in [6, 6.07) is 6.94. The second-order valence-electron chi connectivity index (χ2n) is 6.40. The van der Waals surface area contributed by atoms with E-state index in [2.05, 4.69) is 0 Å². The van der Waals surface area contributed by atoms with Crippen LogP contribution in [0.25, 0.3) is 0 Å². The van der Waals surface area contributed by atoms with E-state index in [-0.39, 0.29) is 28.7 Å². The van der Waals surface area contributed by atoms with Gasteiger partial charge in [-0.15, -0.1) is 0 Å². The third kappa shape index (κ3) is 3.36. The smallest absolute Gasteiger partial charge is 0.341 e. The van der Waals surface area contributed by atoms with Crippen molar-refractivity contribution in [3.63, 3.8) is 0 Å². The molecular formula is C18H12F5NO3S. The molecule has 4 nitrogen and oxygen atoms in total. The van der Waals surface area contributed by atoms with Gasteiger partial charge in [0.05, 0.1) is 16.5 Å². The average Bonchev–Trinajstić information content (AvgIpc) is 2.85. The van der Waals surface area contributed by atoms with Crippen LogP contribution in [0.5, 0.6) is 0 Å². The van der Waals surface area contributed by atoms with Crippen molar-refractivity contribution in [2.75, 3.05) is 0 Å². The van der Waals surface area contributed by atoms with Gasteiger partial charge in [0.15, 0.2) is 0 Å². The number of nitriles is 1. The molecule has 28 heavy (non-hydrogen) atoms. The number of aliphatic hydroxyl groups is 1. The van der Waals surface area contributed by atoms with E-state index in [0.29, 0.717) is 0 Å². The summed E-state index contributed by atoms with van der Waals surface area (Å²) >= 11 is 0. The second kappa shape index (κ2) is 6.83. The predicted octanol–water partition coefficient (Wildman–Crippen LogP) is 3.51. The summed E-state index contributed by atoms with van der Waals surface area (Å²) < 4.78 is 91.3. The summed E-state index contributed by atoms with van der Waals surface area (Å²) in [4.78, 5) is -1.05. The highest BCUT2D eigenvalue weighted by molar-refractivity contribution is 7.91. The SMILES string of the molecule is N#Cc1cc(F)cc(Cc2ccc(S(=O)(=O)C(F)F)c3c2CC(F)(F)C3O)c1. The van der Waals surface area contributed by atoms with E-state index in [0.717, 1.165) is 24.3 Å². The minimum atomic E-state index is -5.22. The zero-order valence-electron chi connectivity index (χ0n) is 14.0. The molecule has 0 fully saturated rings. The van der Waals surface area contributed by atoms with E-state index in [9.17, 15) is 35.5 Å². The van der Waals surface area contributed by atoms with Crippen molar-refractivity contribution in [2.45, 2.75) is 35.5 Å². The lowest BCUT2D eigenvalue weighted by Crippen LogP contribution is -2.23. The maximum absolute atomic E-state index is 14.1. The summed E-state index contributed by atoms with van der Waals surface area (Å²) in [5.74, 6) is -8.32. The van der Waals surface area contributed by atoms with Gasteiger partial charge in [-0.1, -0.05) is 6.07 Å². The molecule has 0 saturated carbocycles. The van der Waals surface area contributed by atoms with Gasteiger partial charge in [0.2, 0.25) is 9.84 Å². The predicted molar refractivity (Wildman–Crippen MR) is 87.2 cm³/mol. The molecule has 1 aliphatic carbocycles. The number of hydrogen-bond donors (Lipinski definition) is 1. The van der Waals surface area contributed by atoms with Crippen LogP contribution < -0.4 is 0 Å². The van der Waals surface area contributed by atoms with Crippen LogP contribution in [0.15, 0.2) is 35.2 Å². The molecule has 0 spiro atoms.